The second-order valence-corrected chi connectivity index (χ2v) is 6.16. The Morgan fingerprint density at radius 2 is 2.16 bits per heavy atom. The van der Waals surface area contributed by atoms with Gasteiger partial charge >= 0.3 is 0 Å². The largest absolute Gasteiger partial charge is 0.391 e. The summed E-state index contributed by atoms with van der Waals surface area (Å²) in [7, 11) is 0. The van der Waals surface area contributed by atoms with E-state index in [4.69, 9.17) is 0 Å². The highest BCUT2D eigenvalue weighted by Crippen LogP contribution is 2.25. The molecule has 0 bridgehead atoms. The molecule has 0 fully saturated rings. The minimum atomic E-state index is -0.0759. The standard InChI is InChI=1S/C13H18N4OS/c1-13(2,3)12-17-10(7-19-12)5-15-11-9(6-18)4-14-8-16-11/h4,7-8,18H,5-6H2,1-3H3,(H,14,15,16). The van der Waals surface area contributed by atoms with Gasteiger partial charge in [0.15, 0.2) is 0 Å². The van der Waals surface area contributed by atoms with Crippen LogP contribution in [0.15, 0.2) is 17.9 Å². The zero-order valence-electron chi connectivity index (χ0n) is 11.3. The second-order valence-electron chi connectivity index (χ2n) is 5.30. The number of hydrogen-bond donors (Lipinski definition) is 2. The van der Waals surface area contributed by atoms with Crippen LogP contribution in [-0.4, -0.2) is 20.1 Å². The molecule has 0 unspecified atom stereocenters. The quantitative estimate of drug-likeness (QED) is 0.898. The molecule has 19 heavy (non-hydrogen) atoms. The Labute approximate surface area is 116 Å². The van der Waals surface area contributed by atoms with Crippen LogP contribution >= 0.6 is 11.3 Å². The zero-order chi connectivity index (χ0) is 13.9. The van der Waals surface area contributed by atoms with Gasteiger partial charge in [0.25, 0.3) is 0 Å². The van der Waals surface area contributed by atoms with E-state index >= 15 is 0 Å². The summed E-state index contributed by atoms with van der Waals surface area (Å²) in [6.07, 6.45) is 3.07. The third kappa shape index (κ3) is 3.48. The van der Waals surface area contributed by atoms with Crippen molar-refractivity contribution in [2.24, 2.45) is 0 Å². The Morgan fingerprint density at radius 3 is 2.79 bits per heavy atom. The molecular weight excluding hydrogens is 260 g/mol. The van der Waals surface area contributed by atoms with Gasteiger partial charge in [0.1, 0.15) is 12.1 Å². The van der Waals surface area contributed by atoms with Gasteiger partial charge in [-0.1, -0.05) is 20.8 Å². The fourth-order valence-corrected chi connectivity index (χ4v) is 2.45. The molecular formula is C13H18N4OS. The van der Waals surface area contributed by atoms with Crippen LogP contribution in [0.4, 0.5) is 5.82 Å². The number of aromatic nitrogens is 3. The number of aliphatic hydroxyl groups is 1. The molecule has 2 N–H and O–H groups in total. The van der Waals surface area contributed by atoms with Gasteiger partial charge in [0.2, 0.25) is 0 Å². The summed E-state index contributed by atoms with van der Waals surface area (Å²) in [6.45, 7) is 6.97. The number of hydrogen-bond acceptors (Lipinski definition) is 6. The third-order valence-corrected chi connectivity index (χ3v) is 3.91. The molecule has 0 aromatic carbocycles. The summed E-state index contributed by atoms with van der Waals surface area (Å²) in [5.74, 6) is 0.655. The number of thiazole rings is 1. The normalized spacial score (nSPS) is 11.6. The highest BCUT2D eigenvalue weighted by Gasteiger charge is 2.17. The molecule has 2 rings (SSSR count). The molecule has 0 aliphatic carbocycles. The molecule has 0 amide bonds. The number of rotatable bonds is 4. The van der Waals surface area contributed by atoms with E-state index in [1.807, 2.05) is 5.38 Å². The van der Waals surface area contributed by atoms with Gasteiger partial charge in [-0.15, -0.1) is 11.3 Å². The molecule has 0 radical (unpaired) electrons. The second kappa shape index (κ2) is 5.63. The van der Waals surface area contributed by atoms with E-state index in [1.165, 1.54) is 6.33 Å². The first-order chi connectivity index (χ1) is 9.00. The summed E-state index contributed by atoms with van der Waals surface area (Å²) in [4.78, 5) is 12.6. The van der Waals surface area contributed by atoms with Crippen molar-refractivity contribution in [3.05, 3.63) is 34.2 Å². The third-order valence-electron chi connectivity index (χ3n) is 2.59. The van der Waals surface area contributed by atoms with E-state index < -0.39 is 0 Å². The van der Waals surface area contributed by atoms with Crippen LogP contribution in [0, 0.1) is 0 Å². The van der Waals surface area contributed by atoms with Crippen LogP contribution in [0.2, 0.25) is 0 Å². The van der Waals surface area contributed by atoms with E-state index in [-0.39, 0.29) is 12.0 Å². The van der Waals surface area contributed by atoms with Gasteiger partial charge in [-0.05, 0) is 0 Å². The molecule has 0 spiro atoms. The SMILES string of the molecule is CC(C)(C)c1nc(CNc2ncncc2CO)cs1. The van der Waals surface area contributed by atoms with Gasteiger partial charge in [-0.2, -0.15) is 0 Å². The molecule has 0 aliphatic rings. The average molecular weight is 278 g/mol. The summed E-state index contributed by atoms with van der Waals surface area (Å²) < 4.78 is 0. The van der Waals surface area contributed by atoms with Crippen LogP contribution < -0.4 is 5.32 Å². The maximum absolute atomic E-state index is 9.19. The summed E-state index contributed by atoms with van der Waals surface area (Å²) in [5, 5.41) is 15.5. The van der Waals surface area contributed by atoms with Crippen molar-refractivity contribution in [1.29, 1.82) is 0 Å². The molecule has 2 aromatic rings. The Bertz CT molecular complexity index is 548. The van der Waals surface area contributed by atoms with Crippen LogP contribution in [0.5, 0.6) is 0 Å². The maximum Gasteiger partial charge on any atom is 0.135 e. The van der Waals surface area contributed by atoms with E-state index in [9.17, 15) is 5.11 Å². The molecule has 2 heterocycles. The lowest BCUT2D eigenvalue weighted by Gasteiger charge is -2.13. The molecule has 5 nitrogen and oxygen atoms in total. The van der Waals surface area contributed by atoms with E-state index in [0.29, 0.717) is 17.9 Å². The molecule has 0 saturated carbocycles. The lowest BCUT2D eigenvalue weighted by molar-refractivity contribution is 0.281. The molecule has 0 saturated heterocycles. The predicted octanol–water partition coefficient (Wildman–Crippen LogP) is 2.33. The van der Waals surface area contributed by atoms with Gasteiger partial charge in [-0.3, -0.25) is 0 Å². The first-order valence-corrected chi connectivity index (χ1v) is 6.97. The van der Waals surface area contributed by atoms with Gasteiger partial charge in [-0.25, -0.2) is 15.0 Å². The van der Waals surface area contributed by atoms with Gasteiger partial charge < -0.3 is 10.4 Å². The number of nitrogens with one attached hydrogen (secondary N) is 1. The van der Waals surface area contributed by atoms with Crippen molar-refractivity contribution >= 4 is 17.2 Å². The van der Waals surface area contributed by atoms with Crippen molar-refractivity contribution in [3.8, 4) is 0 Å². The Kier molecular flexibility index (Phi) is 4.11. The van der Waals surface area contributed by atoms with Crippen LogP contribution in [-0.2, 0) is 18.6 Å². The minimum absolute atomic E-state index is 0.0759. The molecule has 0 atom stereocenters. The van der Waals surface area contributed by atoms with Crippen molar-refractivity contribution < 1.29 is 5.11 Å². The first-order valence-electron chi connectivity index (χ1n) is 6.09. The van der Waals surface area contributed by atoms with Crippen LogP contribution in [0.1, 0.15) is 37.0 Å². The van der Waals surface area contributed by atoms with Crippen LogP contribution in [0.3, 0.4) is 0 Å². The Hall–Kier alpha value is -1.53. The smallest absolute Gasteiger partial charge is 0.135 e. The first kappa shape index (κ1) is 13.9. The van der Waals surface area contributed by atoms with Crippen molar-refractivity contribution in [3.63, 3.8) is 0 Å². The van der Waals surface area contributed by atoms with E-state index in [0.717, 1.165) is 10.7 Å². The number of nitrogens with zero attached hydrogens (tertiary/aromatic N) is 3. The average Bonchev–Trinajstić information content (AvgIpc) is 2.85. The summed E-state index contributed by atoms with van der Waals surface area (Å²) in [5.41, 5.74) is 1.75. The zero-order valence-corrected chi connectivity index (χ0v) is 12.2. The lowest BCUT2D eigenvalue weighted by Crippen LogP contribution is -2.11. The Morgan fingerprint density at radius 1 is 1.37 bits per heavy atom. The highest BCUT2D eigenvalue weighted by molar-refractivity contribution is 7.09. The molecule has 2 aromatic heterocycles. The lowest BCUT2D eigenvalue weighted by atomic mass is 9.98. The number of anilines is 1. The molecule has 6 heteroatoms. The maximum atomic E-state index is 9.19. The highest BCUT2D eigenvalue weighted by atomic mass is 32.1. The summed E-state index contributed by atoms with van der Waals surface area (Å²) >= 11 is 1.67. The fourth-order valence-electron chi connectivity index (χ4n) is 1.54. The Balaban J connectivity index is 2.05. The van der Waals surface area contributed by atoms with Crippen LogP contribution in [0.25, 0.3) is 0 Å². The predicted molar refractivity (Wildman–Crippen MR) is 76.1 cm³/mol. The van der Waals surface area contributed by atoms with E-state index in [2.05, 4.69) is 41.0 Å². The monoisotopic (exact) mass is 278 g/mol. The molecule has 102 valence electrons. The van der Waals surface area contributed by atoms with Gasteiger partial charge in [0, 0.05) is 22.6 Å². The minimum Gasteiger partial charge on any atom is -0.391 e. The number of aliphatic hydroxyl groups excluding tert-OH is 1. The summed E-state index contributed by atoms with van der Waals surface area (Å²) in [6, 6.07) is 0. The topological polar surface area (TPSA) is 70.9 Å². The molecule has 0 aliphatic heterocycles. The van der Waals surface area contributed by atoms with Crippen molar-refractivity contribution in [2.75, 3.05) is 5.32 Å². The van der Waals surface area contributed by atoms with Crippen molar-refractivity contribution in [2.45, 2.75) is 39.3 Å². The fraction of sp³-hybridized carbons (Fsp3) is 0.462. The van der Waals surface area contributed by atoms with E-state index in [1.54, 1.807) is 17.5 Å². The van der Waals surface area contributed by atoms with Gasteiger partial charge in [0.05, 0.1) is 23.9 Å². The van der Waals surface area contributed by atoms with Crippen molar-refractivity contribution in [1.82, 2.24) is 15.0 Å².